The average Bonchev–Trinajstić information content (AvgIpc) is 2.99. The molecule has 0 aliphatic carbocycles. The first-order chi connectivity index (χ1) is 11.5. The molecule has 24 heavy (non-hydrogen) atoms. The Labute approximate surface area is 143 Å². The minimum atomic E-state index is -0.487. The number of hydrogen-bond donors (Lipinski definition) is 2. The van der Waals surface area contributed by atoms with Crippen molar-refractivity contribution in [3.63, 3.8) is 0 Å². The molecule has 1 aromatic heterocycles. The summed E-state index contributed by atoms with van der Waals surface area (Å²) in [6.07, 6.45) is 0.839. The Bertz CT molecular complexity index is 718. The van der Waals surface area contributed by atoms with E-state index in [1.54, 1.807) is 5.38 Å². The van der Waals surface area contributed by atoms with Gasteiger partial charge in [-0.25, -0.2) is 9.37 Å². The van der Waals surface area contributed by atoms with Gasteiger partial charge in [-0.15, -0.1) is 11.3 Å². The van der Waals surface area contributed by atoms with Gasteiger partial charge in [0.2, 0.25) is 0 Å². The summed E-state index contributed by atoms with van der Waals surface area (Å²) in [7, 11) is 3.94. The molecule has 0 spiro atoms. The largest absolute Gasteiger partial charge is 0.351 e. The highest BCUT2D eigenvalue weighted by Gasteiger charge is 2.13. The predicted octanol–water partition coefficient (Wildman–Crippen LogP) is 2.22. The van der Waals surface area contributed by atoms with Gasteiger partial charge in [0.05, 0.1) is 0 Å². The van der Waals surface area contributed by atoms with Gasteiger partial charge in [0, 0.05) is 17.5 Å². The van der Waals surface area contributed by atoms with Gasteiger partial charge in [-0.05, 0) is 45.3 Å². The van der Waals surface area contributed by atoms with Crippen LogP contribution in [0.15, 0.2) is 29.6 Å². The standard InChI is InChI=1S/C16H19FN4O2S/c1-21(2)8-4-7-18-15(23)13-10-24-16(19-13)20-14(22)11-5-3-6-12(17)9-11/h3,5-6,9-10H,4,7-8H2,1-2H3,(H,18,23)(H,19,20,22). The van der Waals surface area contributed by atoms with Crippen LogP contribution >= 0.6 is 11.3 Å². The van der Waals surface area contributed by atoms with E-state index in [0.29, 0.717) is 11.7 Å². The molecule has 128 valence electrons. The van der Waals surface area contributed by atoms with Crippen LogP contribution in [-0.2, 0) is 0 Å². The third kappa shape index (κ3) is 5.39. The van der Waals surface area contributed by atoms with Crippen LogP contribution in [0.2, 0.25) is 0 Å². The van der Waals surface area contributed by atoms with Gasteiger partial charge in [0.15, 0.2) is 5.13 Å². The number of nitrogens with zero attached hydrogens (tertiary/aromatic N) is 2. The Morgan fingerprint density at radius 3 is 2.79 bits per heavy atom. The van der Waals surface area contributed by atoms with E-state index in [1.807, 2.05) is 19.0 Å². The molecule has 2 N–H and O–H groups in total. The van der Waals surface area contributed by atoms with Crippen molar-refractivity contribution in [2.45, 2.75) is 6.42 Å². The number of carbonyl (C=O) groups is 2. The molecule has 1 aromatic carbocycles. The second kappa shape index (κ2) is 8.51. The summed E-state index contributed by atoms with van der Waals surface area (Å²) < 4.78 is 13.1. The smallest absolute Gasteiger partial charge is 0.270 e. The third-order valence-electron chi connectivity index (χ3n) is 3.11. The highest BCUT2D eigenvalue weighted by atomic mass is 32.1. The molecule has 2 amide bonds. The van der Waals surface area contributed by atoms with Crippen LogP contribution in [0, 0.1) is 5.82 Å². The molecular weight excluding hydrogens is 331 g/mol. The van der Waals surface area contributed by atoms with Crippen molar-refractivity contribution in [2.24, 2.45) is 0 Å². The van der Waals surface area contributed by atoms with Gasteiger partial charge in [0.1, 0.15) is 11.5 Å². The molecule has 0 unspecified atom stereocenters. The van der Waals surface area contributed by atoms with Crippen LogP contribution in [0.4, 0.5) is 9.52 Å². The van der Waals surface area contributed by atoms with Crippen molar-refractivity contribution >= 4 is 28.3 Å². The molecule has 0 aliphatic rings. The first kappa shape index (κ1) is 18.0. The van der Waals surface area contributed by atoms with Crippen LogP contribution in [-0.4, -0.2) is 48.9 Å². The van der Waals surface area contributed by atoms with Gasteiger partial charge < -0.3 is 10.2 Å². The Morgan fingerprint density at radius 2 is 2.08 bits per heavy atom. The maximum absolute atomic E-state index is 13.1. The summed E-state index contributed by atoms with van der Waals surface area (Å²) in [5.74, 6) is -1.24. The maximum atomic E-state index is 13.1. The van der Waals surface area contributed by atoms with E-state index in [-0.39, 0.29) is 17.2 Å². The molecule has 2 aromatic rings. The number of amides is 2. The average molecular weight is 350 g/mol. The third-order valence-corrected chi connectivity index (χ3v) is 3.87. The van der Waals surface area contributed by atoms with Crippen molar-refractivity contribution in [3.8, 4) is 0 Å². The summed E-state index contributed by atoms with van der Waals surface area (Å²) in [6.45, 7) is 1.44. The lowest BCUT2D eigenvalue weighted by Crippen LogP contribution is -2.27. The van der Waals surface area contributed by atoms with E-state index >= 15 is 0 Å². The molecule has 0 fully saturated rings. The van der Waals surface area contributed by atoms with Gasteiger partial charge >= 0.3 is 0 Å². The van der Waals surface area contributed by atoms with E-state index in [9.17, 15) is 14.0 Å². The van der Waals surface area contributed by atoms with E-state index in [1.165, 1.54) is 18.2 Å². The summed E-state index contributed by atoms with van der Waals surface area (Å²) in [6, 6.07) is 5.36. The Kier molecular flexibility index (Phi) is 6.39. The van der Waals surface area contributed by atoms with Crippen LogP contribution in [0.3, 0.4) is 0 Å². The molecule has 0 radical (unpaired) electrons. The number of halogens is 1. The number of benzene rings is 1. The number of anilines is 1. The van der Waals surface area contributed by atoms with Crippen molar-refractivity contribution < 1.29 is 14.0 Å². The molecule has 6 nitrogen and oxygen atoms in total. The summed E-state index contributed by atoms with van der Waals surface area (Å²) in [5.41, 5.74) is 0.444. The Balaban J connectivity index is 1.88. The highest BCUT2D eigenvalue weighted by Crippen LogP contribution is 2.16. The number of carbonyl (C=O) groups excluding carboxylic acids is 2. The Hall–Kier alpha value is -2.32. The molecule has 0 bridgehead atoms. The first-order valence-corrected chi connectivity index (χ1v) is 8.29. The van der Waals surface area contributed by atoms with E-state index in [2.05, 4.69) is 15.6 Å². The lowest BCUT2D eigenvalue weighted by molar-refractivity contribution is 0.0946. The molecule has 0 saturated heterocycles. The molecule has 0 atom stereocenters. The fourth-order valence-electron chi connectivity index (χ4n) is 1.92. The second-order valence-electron chi connectivity index (χ2n) is 5.42. The van der Waals surface area contributed by atoms with Gasteiger partial charge in [-0.1, -0.05) is 6.07 Å². The fourth-order valence-corrected chi connectivity index (χ4v) is 2.61. The highest BCUT2D eigenvalue weighted by molar-refractivity contribution is 7.14. The van der Waals surface area contributed by atoms with E-state index < -0.39 is 11.7 Å². The monoisotopic (exact) mass is 350 g/mol. The van der Waals surface area contributed by atoms with Crippen LogP contribution in [0.5, 0.6) is 0 Å². The molecule has 0 saturated carbocycles. The topological polar surface area (TPSA) is 74.3 Å². The maximum Gasteiger partial charge on any atom is 0.270 e. The number of aromatic nitrogens is 1. The van der Waals surface area contributed by atoms with Gasteiger partial charge in [0.25, 0.3) is 11.8 Å². The fraction of sp³-hybridized carbons (Fsp3) is 0.312. The zero-order valence-electron chi connectivity index (χ0n) is 13.5. The molecule has 8 heteroatoms. The number of thiazole rings is 1. The summed E-state index contributed by atoms with van der Waals surface area (Å²) in [4.78, 5) is 30.1. The summed E-state index contributed by atoms with van der Waals surface area (Å²) >= 11 is 1.14. The number of hydrogen-bond acceptors (Lipinski definition) is 5. The van der Waals surface area contributed by atoms with Crippen molar-refractivity contribution in [1.82, 2.24) is 15.2 Å². The lowest BCUT2D eigenvalue weighted by Gasteiger charge is -2.09. The normalized spacial score (nSPS) is 10.7. The molecule has 1 heterocycles. The van der Waals surface area contributed by atoms with Gasteiger partial charge in [-0.2, -0.15) is 0 Å². The molecular formula is C16H19FN4O2S. The van der Waals surface area contributed by atoms with Crippen molar-refractivity contribution in [3.05, 3.63) is 46.7 Å². The quantitative estimate of drug-likeness (QED) is 0.751. The zero-order chi connectivity index (χ0) is 17.5. The van der Waals surface area contributed by atoms with Gasteiger partial charge in [-0.3, -0.25) is 14.9 Å². The minimum absolute atomic E-state index is 0.194. The van der Waals surface area contributed by atoms with Crippen LogP contribution in [0.1, 0.15) is 27.3 Å². The molecule has 0 aliphatic heterocycles. The second-order valence-corrected chi connectivity index (χ2v) is 6.27. The first-order valence-electron chi connectivity index (χ1n) is 7.41. The molecule has 2 rings (SSSR count). The zero-order valence-corrected chi connectivity index (χ0v) is 14.3. The number of rotatable bonds is 7. The number of nitrogens with one attached hydrogen (secondary N) is 2. The Morgan fingerprint density at radius 1 is 1.29 bits per heavy atom. The summed E-state index contributed by atoms with van der Waals surface area (Å²) in [5, 5.41) is 7.20. The SMILES string of the molecule is CN(C)CCCNC(=O)c1csc(NC(=O)c2cccc(F)c2)n1. The predicted molar refractivity (Wildman–Crippen MR) is 92.0 cm³/mol. The van der Waals surface area contributed by atoms with Crippen LogP contribution < -0.4 is 10.6 Å². The van der Waals surface area contributed by atoms with Crippen molar-refractivity contribution in [2.75, 3.05) is 32.5 Å². The van der Waals surface area contributed by atoms with E-state index in [0.717, 1.165) is 30.4 Å². The van der Waals surface area contributed by atoms with Crippen LogP contribution in [0.25, 0.3) is 0 Å². The lowest BCUT2D eigenvalue weighted by atomic mass is 10.2. The van der Waals surface area contributed by atoms with Crippen molar-refractivity contribution in [1.29, 1.82) is 0 Å². The van der Waals surface area contributed by atoms with E-state index in [4.69, 9.17) is 0 Å². The minimum Gasteiger partial charge on any atom is -0.351 e.